The highest BCUT2D eigenvalue weighted by atomic mass is 16.3. The number of aliphatic hydroxyl groups is 2. The average Bonchev–Trinajstić information content (AvgIpc) is 2.16. The Hall–Kier alpha value is -0.860. The molecule has 0 aliphatic carbocycles. The zero-order valence-corrected chi connectivity index (χ0v) is 11.5. The van der Waals surface area contributed by atoms with E-state index in [2.05, 4.69) is 6.08 Å². The lowest BCUT2D eigenvalue weighted by atomic mass is 10.0. The van der Waals surface area contributed by atoms with Crippen molar-refractivity contribution in [3.05, 3.63) is 34.9 Å². The lowest BCUT2D eigenvalue weighted by Crippen LogP contribution is -2.03. The summed E-state index contributed by atoms with van der Waals surface area (Å²) >= 11 is 0. The van der Waals surface area contributed by atoms with E-state index in [-0.39, 0.29) is 12.7 Å². The van der Waals surface area contributed by atoms with Crippen molar-refractivity contribution in [2.24, 2.45) is 0 Å². The Kier molecular flexibility index (Phi) is 8.73. The first-order chi connectivity index (χ1) is 7.95. The zero-order chi connectivity index (χ0) is 13.3. The predicted molar refractivity (Wildman–Crippen MR) is 73.9 cm³/mol. The molecule has 0 heterocycles. The van der Waals surface area contributed by atoms with Crippen LogP contribution in [-0.4, -0.2) is 22.9 Å². The van der Waals surface area contributed by atoms with Crippen LogP contribution in [0.4, 0.5) is 0 Å². The van der Waals surface area contributed by atoms with E-state index < -0.39 is 0 Å². The van der Waals surface area contributed by atoms with Crippen LogP contribution in [-0.2, 0) is 0 Å². The maximum absolute atomic E-state index is 9.72. The van der Waals surface area contributed by atoms with Gasteiger partial charge in [-0.3, -0.25) is 0 Å². The van der Waals surface area contributed by atoms with E-state index in [9.17, 15) is 5.11 Å². The summed E-state index contributed by atoms with van der Waals surface area (Å²) in [6.07, 6.45) is 8.15. The molecule has 17 heavy (non-hydrogen) atoms. The van der Waals surface area contributed by atoms with Gasteiger partial charge in [-0.05, 0) is 47.0 Å². The van der Waals surface area contributed by atoms with E-state index in [0.717, 1.165) is 18.4 Å². The first-order valence-corrected chi connectivity index (χ1v) is 6.21. The van der Waals surface area contributed by atoms with E-state index in [1.165, 1.54) is 11.1 Å². The van der Waals surface area contributed by atoms with E-state index in [4.69, 9.17) is 5.11 Å². The highest BCUT2D eigenvalue weighted by Gasteiger charge is 2.00. The standard InChI is InChI=1S/C15H26O2/c1-12(2)10-15(17)11-14(4)7-5-6-13(3)8-9-16/h7-8,10,15-17H,5-6,9,11H2,1-4H3. The Balaban J connectivity index is 4.02. The van der Waals surface area contributed by atoms with Gasteiger partial charge in [-0.2, -0.15) is 0 Å². The molecule has 0 saturated heterocycles. The first-order valence-electron chi connectivity index (χ1n) is 6.21. The molecule has 2 N–H and O–H groups in total. The summed E-state index contributed by atoms with van der Waals surface area (Å²) in [5.74, 6) is 0. The van der Waals surface area contributed by atoms with E-state index in [1.807, 2.05) is 39.8 Å². The van der Waals surface area contributed by atoms with Crippen molar-refractivity contribution in [2.75, 3.05) is 6.61 Å². The third-order valence-corrected chi connectivity index (χ3v) is 2.53. The van der Waals surface area contributed by atoms with Gasteiger partial charge in [0.1, 0.15) is 0 Å². The van der Waals surface area contributed by atoms with Crippen LogP contribution in [0.15, 0.2) is 34.9 Å². The van der Waals surface area contributed by atoms with Crippen molar-refractivity contribution in [1.82, 2.24) is 0 Å². The van der Waals surface area contributed by atoms with Crippen LogP contribution in [0.5, 0.6) is 0 Å². The summed E-state index contributed by atoms with van der Waals surface area (Å²) in [5.41, 5.74) is 3.57. The number of aliphatic hydroxyl groups excluding tert-OH is 2. The van der Waals surface area contributed by atoms with Crippen LogP contribution in [0.3, 0.4) is 0 Å². The average molecular weight is 238 g/mol. The van der Waals surface area contributed by atoms with Crippen molar-refractivity contribution < 1.29 is 10.2 Å². The van der Waals surface area contributed by atoms with Crippen LogP contribution >= 0.6 is 0 Å². The Bertz CT molecular complexity index is 294. The predicted octanol–water partition coefficient (Wildman–Crippen LogP) is 3.37. The maximum atomic E-state index is 9.72. The molecule has 98 valence electrons. The zero-order valence-electron chi connectivity index (χ0n) is 11.5. The largest absolute Gasteiger partial charge is 0.392 e. The molecule has 0 amide bonds. The third-order valence-electron chi connectivity index (χ3n) is 2.53. The topological polar surface area (TPSA) is 40.5 Å². The maximum Gasteiger partial charge on any atom is 0.0760 e. The van der Waals surface area contributed by atoms with Gasteiger partial charge in [0.25, 0.3) is 0 Å². The molecule has 0 saturated carbocycles. The summed E-state index contributed by atoms with van der Waals surface area (Å²) in [5, 5.41) is 18.4. The van der Waals surface area contributed by atoms with Crippen LogP contribution in [0.25, 0.3) is 0 Å². The van der Waals surface area contributed by atoms with Crippen molar-refractivity contribution in [2.45, 2.75) is 53.1 Å². The highest BCUT2D eigenvalue weighted by molar-refractivity contribution is 5.08. The van der Waals surface area contributed by atoms with Gasteiger partial charge in [-0.1, -0.05) is 34.9 Å². The molecule has 1 unspecified atom stereocenters. The number of hydrogen-bond donors (Lipinski definition) is 2. The van der Waals surface area contributed by atoms with Crippen LogP contribution in [0, 0.1) is 0 Å². The van der Waals surface area contributed by atoms with Gasteiger partial charge in [0.15, 0.2) is 0 Å². The van der Waals surface area contributed by atoms with Gasteiger partial charge in [0.2, 0.25) is 0 Å². The van der Waals surface area contributed by atoms with Crippen LogP contribution in [0.1, 0.15) is 47.0 Å². The molecule has 1 atom stereocenters. The molecule has 0 fully saturated rings. The SMILES string of the molecule is CC(C)=CC(O)CC(C)=CCCC(C)=CCO. The van der Waals surface area contributed by atoms with Gasteiger partial charge in [0, 0.05) is 0 Å². The highest BCUT2D eigenvalue weighted by Crippen LogP contribution is 2.11. The molecule has 2 heteroatoms. The third kappa shape index (κ3) is 10.0. The van der Waals surface area contributed by atoms with Crippen molar-refractivity contribution in [3.8, 4) is 0 Å². The van der Waals surface area contributed by atoms with Crippen molar-refractivity contribution in [3.63, 3.8) is 0 Å². The molecular weight excluding hydrogens is 212 g/mol. The fraction of sp³-hybridized carbons (Fsp3) is 0.600. The molecule has 0 spiro atoms. The minimum absolute atomic E-state index is 0.119. The number of hydrogen-bond acceptors (Lipinski definition) is 2. The van der Waals surface area contributed by atoms with Gasteiger partial charge < -0.3 is 10.2 Å². The molecule has 0 rings (SSSR count). The smallest absolute Gasteiger partial charge is 0.0760 e. The van der Waals surface area contributed by atoms with Gasteiger partial charge in [-0.25, -0.2) is 0 Å². The molecule has 0 radical (unpaired) electrons. The molecule has 0 bridgehead atoms. The monoisotopic (exact) mass is 238 g/mol. The molecule has 0 aliphatic rings. The first kappa shape index (κ1) is 16.1. The minimum Gasteiger partial charge on any atom is -0.392 e. The van der Waals surface area contributed by atoms with Crippen molar-refractivity contribution in [1.29, 1.82) is 0 Å². The molecule has 0 aromatic rings. The van der Waals surface area contributed by atoms with Crippen LogP contribution < -0.4 is 0 Å². The Morgan fingerprint density at radius 1 is 1.06 bits per heavy atom. The minimum atomic E-state index is -0.370. The summed E-state index contributed by atoms with van der Waals surface area (Å²) in [4.78, 5) is 0. The Morgan fingerprint density at radius 2 is 1.71 bits per heavy atom. The number of rotatable bonds is 7. The van der Waals surface area contributed by atoms with E-state index >= 15 is 0 Å². The summed E-state index contributed by atoms with van der Waals surface area (Å²) in [7, 11) is 0. The Morgan fingerprint density at radius 3 is 2.24 bits per heavy atom. The van der Waals surface area contributed by atoms with Crippen molar-refractivity contribution >= 4 is 0 Å². The summed E-state index contributed by atoms with van der Waals surface area (Å²) in [6, 6.07) is 0. The van der Waals surface area contributed by atoms with Crippen LogP contribution in [0.2, 0.25) is 0 Å². The summed E-state index contributed by atoms with van der Waals surface area (Å²) in [6.45, 7) is 8.18. The second kappa shape index (κ2) is 9.20. The normalized spacial score (nSPS) is 14.7. The molecule has 0 aromatic carbocycles. The van der Waals surface area contributed by atoms with E-state index in [1.54, 1.807) is 0 Å². The molecule has 2 nitrogen and oxygen atoms in total. The molecule has 0 aromatic heterocycles. The fourth-order valence-electron chi connectivity index (χ4n) is 1.66. The lowest BCUT2D eigenvalue weighted by Gasteiger charge is -2.07. The Labute approximate surface area is 105 Å². The van der Waals surface area contributed by atoms with E-state index in [0.29, 0.717) is 6.42 Å². The lowest BCUT2D eigenvalue weighted by molar-refractivity contribution is 0.222. The quantitative estimate of drug-likeness (QED) is 0.668. The molecular formula is C15H26O2. The van der Waals surface area contributed by atoms with Gasteiger partial charge in [0.05, 0.1) is 12.7 Å². The summed E-state index contributed by atoms with van der Waals surface area (Å²) < 4.78 is 0. The number of allylic oxidation sites excluding steroid dienone is 3. The molecule has 0 aliphatic heterocycles. The second-order valence-corrected chi connectivity index (χ2v) is 4.84. The fourth-order valence-corrected chi connectivity index (χ4v) is 1.66. The van der Waals surface area contributed by atoms with Gasteiger partial charge in [-0.15, -0.1) is 0 Å². The second-order valence-electron chi connectivity index (χ2n) is 4.84. The van der Waals surface area contributed by atoms with Gasteiger partial charge >= 0.3 is 0 Å².